The summed E-state index contributed by atoms with van der Waals surface area (Å²) in [7, 11) is 1.98. The maximum Gasteiger partial charge on any atom is 0.157 e. The first-order chi connectivity index (χ1) is 8.85. The Morgan fingerprint density at radius 1 is 1.28 bits per heavy atom. The molecule has 0 aliphatic heterocycles. The summed E-state index contributed by atoms with van der Waals surface area (Å²) in [5.74, 6) is 1.48. The van der Waals surface area contributed by atoms with Crippen molar-refractivity contribution in [1.29, 1.82) is 0 Å². The molecule has 1 atom stereocenters. The maximum atomic E-state index is 4.14. The van der Waals surface area contributed by atoms with E-state index in [0.29, 0.717) is 5.92 Å². The van der Waals surface area contributed by atoms with Crippen LogP contribution in [-0.4, -0.2) is 33.8 Å². The molecule has 0 spiro atoms. The van der Waals surface area contributed by atoms with Crippen LogP contribution in [0.2, 0.25) is 0 Å². The van der Waals surface area contributed by atoms with Crippen molar-refractivity contribution in [3.05, 3.63) is 36.2 Å². The van der Waals surface area contributed by atoms with Crippen molar-refractivity contribution < 1.29 is 0 Å². The Morgan fingerprint density at radius 2 is 2.06 bits per heavy atom. The first-order valence-electron chi connectivity index (χ1n) is 6.32. The minimum Gasteiger partial charge on any atom is -0.319 e. The van der Waals surface area contributed by atoms with E-state index in [1.807, 2.05) is 42.1 Å². The summed E-state index contributed by atoms with van der Waals surface area (Å²) in [6, 6.07) is 10.00. The Bertz CT molecular complexity index is 465. The van der Waals surface area contributed by atoms with Crippen LogP contribution < -0.4 is 5.32 Å². The van der Waals surface area contributed by atoms with Crippen LogP contribution in [0.25, 0.3) is 5.69 Å². The Balaban J connectivity index is 2.18. The van der Waals surface area contributed by atoms with Gasteiger partial charge in [-0.1, -0.05) is 31.5 Å². The molecule has 18 heavy (non-hydrogen) atoms. The number of aromatic nitrogens is 4. The van der Waals surface area contributed by atoms with Gasteiger partial charge in [-0.15, -0.1) is 5.10 Å². The molecule has 5 heteroatoms. The summed E-state index contributed by atoms with van der Waals surface area (Å²) in [5.41, 5.74) is 1.01. The molecule has 0 saturated heterocycles. The normalized spacial score (nSPS) is 12.6. The molecule has 1 heterocycles. The van der Waals surface area contributed by atoms with E-state index in [-0.39, 0.29) is 0 Å². The zero-order valence-electron chi connectivity index (χ0n) is 10.9. The minimum atomic E-state index is 0.559. The van der Waals surface area contributed by atoms with Gasteiger partial charge in [-0.2, -0.15) is 4.68 Å². The fourth-order valence-electron chi connectivity index (χ4n) is 2.01. The summed E-state index contributed by atoms with van der Waals surface area (Å²) in [6.07, 6.45) is 2.00. The fourth-order valence-corrected chi connectivity index (χ4v) is 2.01. The Hall–Kier alpha value is -1.75. The van der Waals surface area contributed by atoms with Crippen molar-refractivity contribution in [2.24, 2.45) is 5.92 Å². The first kappa shape index (κ1) is 12.7. The highest BCUT2D eigenvalue weighted by molar-refractivity contribution is 5.30. The zero-order valence-corrected chi connectivity index (χ0v) is 10.9. The molecule has 0 saturated carbocycles. The Kier molecular flexibility index (Phi) is 4.41. The number of para-hydroxylation sites is 1. The van der Waals surface area contributed by atoms with E-state index in [2.05, 4.69) is 27.8 Å². The van der Waals surface area contributed by atoms with E-state index in [4.69, 9.17) is 0 Å². The van der Waals surface area contributed by atoms with Crippen LogP contribution in [0.5, 0.6) is 0 Å². The molecule has 2 rings (SSSR count). The molecule has 0 aliphatic carbocycles. The molecule has 0 fully saturated rings. The monoisotopic (exact) mass is 245 g/mol. The van der Waals surface area contributed by atoms with Crippen LogP contribution in [0.15, 0.2) is 30.3 Å². The van der Waals surface area contributed by atoms with Gasteiger partial charge in [0.05, 0.1) is 5.69 Å². The molecule has 0 radical (unpaired) electrons. The fraction of sp³-hybridized carbons (Fsp3) is 0.462. The largest absolute Gasteiger partial charge is 0.319 e. The molecule has 1 N–H and O–H groups in total. The molecule has 2 aromatic rings. The van der Waals surface area contributed by atoms with Crippen LogP contribution in [0.4, 0.5) is 0 Å². The van der Waals surface area contributed by atoms with Crippen molar-refractivity contribution in [2.75, 3.05) is 13.6 Å². The summed E-state index contributed by atoms with van der Waals surface area (Å²) in [5, 5.41) is 15.2. The topological polar surface area (TPSA) is 55.6 Å². The standard InChI is InChI=1S/C13H19N5/c1-3-11(10-14-2)9-13-15-16-17-18(13)12-7-5-4-6-8-12/h4-8,11,14H,3,9-10H2,1-2H3. The van der Waals surface area contributed by atoms with Gasteiger partial charge in [0.2, 0.25) is 0 Å². The lowest BCUT2D eigenvalue weighted by molar-refractivity contribution is 0.466. The van der Waals surface area contributed by atoms with Gasteiger partial charge in [0.15, 0.2) is 5.82 Å². The Labute approximate surface area is 107 Å². The molecular weight excluding hydrogens is 226 g/mol. The molecule has 96 valence electrons. The second-order valence-corrected chi connectivity index (χ2v) is 4.38. The SMILES string of the molecule is CCC(CNC)Cc1nnnn1-c1ccccc1. The molecule has 1 aromatic heterocycles. The highest BCUT2D eigenvalue weighted by Crippen LogP contribution is 2.12. The van der Waals surface area contributed by atoms with Crippen LogP contribution in [0, 0.1) is 5.92 Å². The van der Waals surface area contributed by atoms with Gasteiger partial charge in [-0.3, -0.25) is 0 Å². The van der Waals surface area contributed by atoms with Crippen molar-refractivity contribution >= 4 is 0 Å². The molecule has 0 bridgehead atoms. The predicted molar refractivity (Wildman–Crippen MR) is 70.6 cm³/mol. The van der Waals surface area contributed by atoms with Crippen LogP contribution in [-0.2, 0) is 6.42 Å². The molecular formula is C13H19N5. The Morgan fingerprint density at radius 3 is 2.72 bits per heavy atom. The molecule has 1 aromatic carbocycles. The quantitative estimate of drug-likeness (QED) is 0.837. The predicted octanol–water partition coefficient (Wildman–Crippen LogP) is 1.45. The van der Waals surface area contributed by atoms with Gasteiger partial charge in [0.1, 0.15) is 0 Å². The van der Waals surface area contributed by atoms with Gasteiger partial charge >= 0.3 is 0 Å². The van der Waals surface area contributed by atoms with E-state index in [9.17, 15) is 0 Å². The second kappa shape index (κ2) is 6.26. The summed E-state index contributed by atoms with van der Waals surface area (Å²) < 4.78 is 1.82. The third kappa shape index (κ3) is 2.92. The van der Waals surface area contributed by atoms with E-state index < -0.39 is 0 Å². The van der Waals surface area contributed by atoms with Crippen LogP contribution >= 0.6 is 0 Å². The van der Waals surface area contributed by atoms with Gasteiger partial charge < -0.3 is 5.32 Å². The van der Waals surface area contributed by atoms with E-state index in [1.165, 1.54) is 0 Å². The zero-order chi connectivity index (χ0) is 12.8. The highest BCUT2D eigenvalue weighted by Gasteiger charge is 2.13. The lowest BCUT2D eigenvalue weighted by Crippen LogP contribution is -2.21. The average molecular weight is 245 g/mol. The van der Waals surface area contributed by atoms with Crippen LogP contribution in [0.1, 0.15) is 19.2 Å². The van der Waals surface area contributed by atoms with Crippen molar-refractivity contribution in [3.63, 3.8) is 0 Å². The average Bonchev–Trinajstić information content (AvgIpc) is 2.87. The number of nitrogens with zero attached hydrogens (tertiary/aromatic N) is 4. The van der Waals surface area contributed by atoms with Crippen molar-refractivity contribution in [1.82, 2.24) is 25.5 Å². The number of hydrogen-bond acceptors (Lipinski definition) is 4. The van der Waals surface area contributed by atoms with Gasteiger partial charge in [0, 0.05) is 6.42 Å². The molecule has 1 unspecified atom stereocenters. The molecule has 5 nitrogen and oxygen atoms in total. The molecule has 0 aliphatic rings. The minimum absolute atomic E-state index is 0.559. The van der Waals surface area contributed by atoms with Gasteiger partial charge in [0.25, 0.3) is 0 Å². The summed E-state index contributed by atoms with van der Waals surface area (Å²) >= 11 is 0. The third-order valence-electron chi connectivity index (χ3n) is 3.08. The van der Waals surface area contributed by atoms with Crippen molar-refractivity contribution in [2.45, 2.75) is 19.8 Å². The third-order valence-corrected chi connectivity index (χ3v) is 3.08. The van der Waals surface area contributed by atoms with Crippen LogP contribution in [0.3, 0.4) is 0 Å². The van der Waals surface area contributed by atoms with Gasteiger partial charge in [-0.05, 0) is 42.1 Å². The number of nitrogens with one attached hydrogen (secondary N) is 1. The highest BCUT2D eigenvalue weighted by atomic mass is 15.5. The lowest BCUT2D eigenvalue weighted by atomic mass is 10.0. The number of tetrazole rings is 1. The first-order valence-corrected chi connectivity index (χ1v) is 6.32. The summed E-state index contributed by atoms with van der Waals surface area (Å²) in [4.78, 5) is 0. The summed E-state index contributed by atoms with van der Waals surface area (Å²) in [6.45, 7) is 3.18. The number of rotatable bonds is 6. The smallest absolute Gasteiger partial charge is 0.157 e. The molecule has 0 amide bonds. The lowest BCUT2D eigenvalue weighted by Gasteiger charge is -2.13. The maximum absolute atomic E-state index is 4.14. The van der Waals surface area contributed by atoms with E-state index >= 15 is 0 Å². The van der Waals surface area contributed by atoms with E-state index in [0.717, 1.165) is 30.9 Å². The number of benzene rings is 1. The van der Waals surface area contributed by atoms with Crippen molar-refractivity contribution in [3.8, 4) is 5.69 Å². The van der Waals surface area contributed by atoms with Gasteiger partial charge in [-0.25, -0.2) is 0 Å². The number of hydrogen-bond donors (Lipinski definition) is 1. The van der Waals surface area contributed by atoms with E-state index in [1.54, 1.807) is 0 Å². The second-order valence-electron chi connectivity index (χ2n) is 4.38.